The molecule has 0 aliphatic rings. The molecule has 0 N–H and O–H groups in total. The molecule has 5 heteroatoms. The summed E-state index contributed by atoms with van der Waals surface area (Å²) in [5.74, 6) is 0.552. The predicted octanol–water partition coefficient (Wildman–Crippen LogP) is 4.34. The number of nitrogens with zero attached hydrogens (tertiary/aromatic N) is 2. The first-order valence-corrected chi connectivity index (χ1v) is 8.72. The largest absolute Gasteiger partial charge is 0.378 e. The number of aromatic nitrogens is 1. The number of hydrogen-bond acceptors (Lipinski definition) is 5. The maximum atomic E-state index is 12.3. The van der Waals surface area contributed by atoms with Gasteiger partial charge in [0.2, 0.25) is 0 Å². The molecule has 112 valence electrons. The predicted molar refractivity (Wildman–Crippen MR) is 95.4 cm³/mol. The van der Waals surface area contributed by atoms with Crippen molar-refractivity contribution in [3.05, 3.63) is 54.1 Å². The smallest absolute Gasteiger partial charge is 0.173 e. The molecule has 3 rings (SSSR count). The molecule has 1 aromatic heterocycles. The number of para-hydroxylation sites is 1. The molecule has 3 aromatic rings. The fourth-order valence-corrected chi connectivity index (χ4v) is 4.03. The van der Waals surface area contributed by atoms with Gasteiger partial charge in [-0.1, -0.05) is 23.9 Å². The zero-order valence-corrected chi connectivity index (χ0v) is 14.1. The lowest BCUT2D eigenvalue weighted by Crippen LogP contribution is -2.09. The second-order valence-electron chi connectivity index (χ2n) is 5.10. The zero-order chi connectivity index (χ0) is 15.5. The molecule has 0 aliphatic carbocycles. The maximum absolute atomic E-state index is 12.3. The van der Waals surface area contributed by atoms with Gasteiger partial charge in [0.1, 0.15) is 0 Å². The maximum Gasteiger partial charge on any atom is 0.173 e. The van der Waals surface area contributed by atoms with Gasteiger partial charge < -0.3 is 4.90 Å². The Morgan fingerprint density at radius 1 is 1.14 bits per heavy atom. The quantitative estimate of drug-likeness (QED) is 0.515. The van der Waals surface area contributed by atoms with Gasteiger partial charge in [-0.2, -0.15) is 0 Å². The van der Waals surface area contributed by atoms with Crippen LogP contribution in [0, 0.1) is 0 Å². The monoisotopic (exact) mass is 328 g/mol. The van der Waals surface area contributed by atoms with E-state index in [4.69, 9.17) is 0 Å². The SMILES string of the molecule is CN(C)c1ccc(C(=O)CSc2nc3ccccc3s2)cc1. The van der Waals surface area contributed by atoms with Crippen LogP contribution in [0.4, 0.5) is 5.69 Å². The summed E-state index contributed by atoms with van der Waals surface area (Å²) in [7, 11) is 3.97. The molecule has 0 saturated heterocycles. The van der Waals surface area contributed by atoms with Crippen molar-refractivity contribution in [1.29, 1.82) is 0 Å². The minimum absolute atomic E-state index is 0.134. The number of hydrogen-bond donors (Lipinski definition) is 0. The second kappa shape index (κ2) is 6.50. The minimum atomic E-state index is 0.134. The van der Waals surface area contributed by atoms with Gasteiger partial charge in [0.25, 0.3) is 0 Å². The average Bonchev–Trinajstić information content (AvgIpc) is 2.95. The van der Waals surface area contributed by atoms with Gasteiger partial charge in [-0.15, -0.1) is 11.3 Å². The molecule has 0 amide bonds. The number of benzene rings is 2. The Morgan fingerprint density at radius 2 is 1.86 bits per heavy atom. The van der Waals surface area contributed by atoms with Gasteiger partial charge in [-0.05, 0) is 36.4 Å². The van der Waals surface area contributed by atoms with Crippen molar-refractivity contribution in [1.82, 2.24) is 4.98 Å². The minimum Gasteiger partial charge on any atom is -0.378 e. The lowest BCUT2D eigenvalue weighted by molar-refractivity contribution is 0.102. The first-order chi connectivity index (χ1) is 10.6. The molecule has 0 saturated carbocycles. The molecule has 2 aromatic carbocycles. The average molecular weight is 328 g/mol. The van der Waals surface area contributed by atoms with Crippen LogP contribution in [0.15, 0.2) is 52.9 Å². The highest BCUT2D eigenvalue weighted by Gasteiger charge is 2.10. The molecular weight excluding hydrogens is 312 g/mol. The molecule has 0 aliphatic heterocycles. The third kappa shape index (κ3) is 3.31. The lowest BCUT2D eigenvalue weighted by Gasteiger charge is -2.12. The van der Waals surface area contributed by atoms with E-state index >= 15 is 0 Å². The van der Waals surface area contributed by atoms with Crippen LogP contribution >= 0.6 is 23.1 Å². The molecule has 0 radical (unpaired) electrons. The number of rotatable bonds is 5. The molecule has 3 nitrogen and oxygen atoms in total. The highest BCUT2D eigenvalue weighted by atomic mass is 32.2. The van der Waals surface area contributed by atoms with E-state index in [0.29, 0.717) is 5.75 Å². The van der Waals surface area contributed by atoms with E-state index in [1.54, 1.807) is 11.3 Å². The van der Waals surface area contributed by atoms with Crippen LogP contribution in [0.25, 0.3) is 10.2 Å². The number of thioether (sulfide) groups is 1. The summed E-state index contributed by atoms with van der Waals surface area (Å²) in [6.07, 6.45) is 0. The van der Waals surface area contributed by atoms with E-state index in [1.165, 1.54) is 11.8 Å². The first-order valence-electron chi connectivity index (χ1n) is 6.92. The molecule has 1 heterocycles. The Labute approximate surface area is 138 Å². The second-order valence-corrected chi connectivity index (χ2v) is 7.35. The standard InChI is InChI=1S/C17H16N2OS2/c1-19(2)13-9-7-12(8-10-13)15(20)11-21-17-18-14-5-3-4-6-16(14)22-17/h3-10H,11H2,1-2H3. The summed E-state index contributed by atoms with van der Waals surface area (Å²) in [5.41, 5.74) is 2.84. The summed E-state index contributed by atoms with van der Waals surface area (Å²) in [6.45, 7) is 0. The van der Waals surface area contributed by atoms with Crippen LogP contribution < -0.4 is 4.90 Å². The number of anilines is 1. The van der Waals surface area contributed by atoms with Crippen LogP contribution in [-0.4, -0.2) is 30.6 Å². The Balaban J connectivity index is 1.66. The van der Waals surface area contributed by atoms with Gasteiger partial charge in [-0.25, -0.2) is 4.98 Å². The third-order valence-corrected chi connectivity index (χ3v) is 5.49. The van der Waals surface area contributed by atoms with Crippen LogP contribution in [0.3, 0.4) is 0 Å². The number of Topliss-reactive ketones (excluding diaryl/α,β-unsaturated/α-hetero) is 1. The van der Waals surface area contributed by atoms with Crippen molar-refractivity contribution in [3.63, 3.8) is 0 Å². The molecule has 0 spiro atoms. The molecule has 0 unspecified atom stereocenters. The van der Waals surface area contributed by atoms with Gasteiger partial charge in [0.15, 0.2) is 10.1 Å². The highest BCUT2D eigenvalue weighted by Crippen LogP contribution is 2.29. The Hall–Kier alpha value is -1.85. The van der Waals surface area contributed by atoms with E-state index in [-0.39, 0.29) is 5.78 Å². The van der Waals surface area contributed by atoms with Crippen LogP contribution in [0.1, 0.15) is 10.4 Å². The lowest BCUT2D eigenvalue weighted by atomic mass is 10.1. The summed E-state index contributed by atoms with van der Waals surface area (Å²) < 4.78 is 2.10. The van der Waals surface area contributed by atoms with Gasteiger partial charge >= 0.3 is 0 Å². The molecule has 22 heavy (non-hydrogen) atoms. The molecular formula is C17H16N2OS2. The van der Waals surface area contributed by atoms with Crippen molar-refractivity contribution in [2.75, 3.05) is 24.7 Å². The highest BCUT2D eigenvalue weighted by molar-refractivity contribution is 8.01. The summed E-state index contributed by atoms with van der Waals surface area (Å²) in [4.78, 5) is 18.8. The van der Waals surface area contributed by atoms with E-state index in [1.807, 2.05) is 61.5 Å². The Morgan fingerprint density at radius 3 is 2.55 bits per heavy atom. The summed E-state index contributed by atoms with van der Waals surface area (Å²) in [5, 5.41) is 0. The summed E-state index contributed by atoms with van der Waals surface area (Å²) in [6, 6.07) is 15.7. The van der Waals surface area contributed by atoms with Gasteiger partial charge in [0, 0.05) is 25.3 Å². The van der Waals surface area contributed by atoms with Crippen molar-refractivity contribution in [2.24, 2.45) is 0 Å². The molecule has 0 atom stereocenters. The van der Waals surface area contributed by atoms with E-state index in [0.717, 1.165) is 25.8 Å². The van der Waals surface area contributed by atoms with Gasteiger partial charge in [0.05, 0.1) is 16.0 Å². The topological polar surface area (TPSA) is 33.2 Å². The van der Waals surface area contributed by atoms with Crippen molar-refractivity contribution in [3.8, 4) is 0 Å². The number of carbonyl (C=O) groups excluding carboxylic acids is 1. The van der Waals surface area contributed by atoms with Crippen molar-refractivity contribution in [2.45, 2.75) is 4.34 Å². The zero-order valence-electron chi connectivity index (χ0n) is 12.4. The summed E-state index contributed by atoms with van der Waals surface area (Å²) >= 11 is 3.14. The van der Waals surface area contributed by atoms with Crippen molar-refractivity contribution >= 4 is 44.8 Å². The fourth-order valence-electron chi connectivity index (χ4n) is 2.07. The molecule has 0 fully saturated rings. The fraction of sp³-hybridized carbons (Fsp3) is 0.176. The molecule has 0 bridgehead atoms. The normalized spacial score (nSPS) is 10.8. The van der Waals surface area contributed by atoms with Gasteiger partial charge in [-0.3, -0.25) is 4.79 Å². The van der Waals surface area contributed by atoms with E-state index in [9.17, 15) is 4.79 Å². The Kier molecular flexibility index (Phi) is 4.45. The van der Waals surface area contributed by atoms with Crippen LogP contribution in [-0.2, 0) is 0 Å². The van der Waals surface area contributed by atoms with E-state index < -0.39 is 0 Å². The first kappa shape index (κ1) is 15.1. The van der Waals surface area contributed by atoms with Crippen LogP contribution in [0.5, 0.6) is 0 Å². The van der Waals surface area contributed by atoms with Crippen LogP contribution in [0.2, 0.25) is 0 Å². The van der Waals surface area contributed by atoms with Crippen molar-refractivity contribution < 1.29 is 4.79 Å². The number of carbonyl (C=O) groups is 1. The number of thiazole rings is 1. The third-order valence-electron chi connectivity index (χ3n) is 3.31. The number of fused-ring (bicyclic) bond motifs is 1. The van der Waals surface area contributed by atoms with E-state index in [2.05, 4.69) is 11.1 Å². The Bertz CT molecular complexity index is 761. The number of ketones is 1.